The molecule has 0 unspecified atom stereocenters. The highest BCUT2D eigenvalue weighted by atomic mass is 16.5. The second-order valence-corrected chi connectivity index (χ2v) is 3.49. The minimum Gasteiger partial charge on any atom is -0.378 e. The Morgan fingerprint density at radius 3 is 2.77 bits per heavy atom. The zero-order valence-corrected chi connectivity index (χ0v) is 7.78. The number of rotatable bonds is 1. The fraction of sp³-hybridized carbons (Fsp3) is 0.600. The molecule has 0 aromatic carbocycles. The smallest absolute Gasteiger partial charge is 0.0642 e. The molecule has 0 bridgehead atoms. The molecule has 1 heterocycles. The van der Waals surface area contributed by atoms with Crippen LogP contribution in [0.3, 0.4) is 0 Å². The van der Waals surface area contributed by atoms with Gasteiger partial charge in [0.2, 0.25) is 0 Å². The van der Waals surface area contributed by atoms with E-state index < -0.39 is 0 Å². The van der Waals surface area contributed by atoms with Crippen molar-refractivity contribution in [1.82, 2.24) is 4.90 Å². The summed E-state index contributed by atoms with van der Waals surface area (Å²) in [5, 5.41) is 0. The highest BCUT2D eigenvalue weighted by molar-refractivity contribution is 5.24. The Balaban J connectivity index is 1.96. The van der Waals surface area contributed by atoms with Crippen LogP contribution in [0.5, 0.6) is 0 Å². The molecule has 0 aromatic heterocycles. The van der Waals surface area contributed by atoms with Gasteiger partial charge in [0.1, 0.15) is 0 Å². The molecule has 1 atom stereocenters. The van der Waals surface area contributed by atoms with Crippen LogP contribution < -0.4 is 5.73 Å². The maximum Gasteiger partial charge on any atom is 0.0642 e. The summed E-state index contributed by atoms with van der Waals surface area (Å²) in [7, 11) is 0. The second-order valence-electron chi connectivity index (χ2n) is 3.49. The van der Waals surface area contributed by atoms with Crippen molar-refractivity contribution < 1.29 is 4.74 Å². The van der Waals surface area contributed by atoms with Gasteiger partial charge in [0.05, 0.1) is 13.2 Å². The topological polar surface area (TPSA) is 38.5 Å². The van der Waals surface area contributed by atoms with Crippen LogP contribution >= 0.6 is 0 Å². The van der Waals surface area contributed by atoms with E-state index in [-0.39, 0.29) is 6.04 Å². The summed E-state index contributed by atoms with van der Waals surface area (Å²) < 4.78 is 5.29. The molecule has 13 heavy (non-hydrogen) atoms. The average molecular weight is 180 g/mol. The first kappa shape index (κ1) is 8.78. The third-order valence-electron chi connectivity index (χ3n) is 2.49. The van der Waals surface area contributed by atoms with Crippen molar-refractivity contribution in [2.75, 3.05) is 26.3 Å². The maximum absolute atomic E-state index is 5.75. The Morgan fingerprint density at radius 2 is 2.15 bits per heavy atom. The quantitative estimate of drug-likeness (QED) is 0.638. The first-order chi connectivity index (χ1) is 6.36. The van der Waals surface area contributed by atoms with Crippen molar-refractivity contribution >= 4 is 0 Å². The molecule has 0 radical (unpaired) electrons. The fourth-order valence-corrected chi connectivity index (χ4v) is 1.68. The number of nitrogens with zero attached hydrogens (tertiary/aromatic N) is 1. The number of nitrogens with two attached hydrogens (primary N) is 1. The maximum atomic E-state index is 5.75. The Bertz CT molecular complexity index is 229. The Labute approximate surface area is 78.8 Å². The van der Waals surface area contributed by atoms with Crippen molar-refractivity contribution in [3.8, 4) is 0 Å². The lowest BCUT2D eigenvalue weighted by atomic mass is 10.1. The van der Waals surface area contributed by atoms with Crippen LogP contribution in [0.4, 0.5) is 0 Å². The largest absolute Gasteiger partial charge is 0.378 e. The van der Waals surface area contributed by atoms with Crippen molar-refractivity contribution in [1.29, 1.82) is 0 Å². The van der Waals surface area contributed by atoms with Crippen molar-refractivity contribution in [3.63, 3.8) is 0 Å². The molecule has 1 saturated heterocycles. The molecule has 3 nitrogen and oxygen atoms in total. The lowest BCUT2D eigenvalue weighted by Gasteiger charge is -2.31. The first-order valence-corrected chi connectivity index (χ1v) is 4.83. The van der Waals surface area contributed by atoms with Gasteiger partial charge in [-0.05, 0) is 12.5 Å². The fourth-order valence-electron chi connectivity index (χ4n) is 1.68. The van der Waals surface area contributed by atoms with Crippen LogP contribution in [0, 0.1) is 0 Å². The minimum absolute atomic E-state index is 0.213. The standard InChI is InChI=1S/C10H16N2O/c11-9-1-3-10(4-2-9)12-5-7-13-8-6-12/h1,3-4,9H,2,5-8,11H2/t9-/m0/s1. The summed E-state index contributed by atoms with van der Waals surface area (Å²) in [6, 6.07) is 0.213. The molecule has 1 fully saturated rings. The summed E-state index contributed by atoms with van der Waals surface area (Å²) >= 11 is 0. The van der Waals surface area contributed by atoms with E-state index in [1.165, 1.54) is 5.70 Å². The van der Waals surface area contributed by atoms with E-state index in [1.807, 2.05) is 0 Å². The van der Waals surface area contributed by atoms with E-state index in [1.54, 1.807) is 0 Å². The molecule has 2 rings (SSSR count). The van der Waals surface area contributed by atoms with E-state index in [0.29, 0.717) is 0 Å². The van der Waals surface area contributed by atoms with E-state index in [0.717, 1.165) is 32.7 Å². The minimum atomic E-state index is 0.213. The molecule has 1 aliphatic heterocycles. The van der Waals surface area contributed by atoms with Gasteiger partial charge in [-0.15, -0.1) is 0 Å². The molecular formula is C10H16N2O. The zero-order chi connectivity index (χ0) is 9.10. The van der Waals surface area contributed by atoms with Crippen LogP contribution in [0.25, 0.3) is 0 Å². The average Bonchev–Trinajstić information content (AvgIpc) is 2.20. The van der Waals surface area contributed by atoms with Crippen LogP contribution in [0.1, 0.15) is 6.42 Å². The molecular weight excluding hydrogens is 164 g/mol. The van der Waals surface area contributed by atoms with Crippen LogP contribution in [0.15, 0.2) is 23.9 Å². The predicted molar refractivity (Wildman–Crippen MR) is 52.2 cm³/mol. The molecule has 2 aliphatic rings. The number of ether oxygens (including phenoxy) is 1. The van der Waals surface area contributed by atoms with Crippen LogP contribution in [0.2, 0.25) is 0 Å². The number of hydrogen-bond donors (Lipinski definition) is 1. The molecule has 1 aliphatic carbocycles. The summed E-state index contributed by atoms with van der Waals surface area (Å²) in [6.07, 6.45) is 7.38. The predicted octanol–water partition coefficient (Wildman–Crippen LogP) is 0.490. The number of hydrogen-bond acceptors (Lipinski definition) is 3. The van der Waals surface area contributed by atoms with E-state index in [9.17, 15) is 0 Å². The summed E-state index contributed by atoms with van der Waals surface area (Å²) in [5.74, 6) is 0. The van der Waals surface area contributed by atoms with Gasteiger partial charge in [0, 0.05) is 24.8 Å². The molecule has 72 valence electrons. The number of allylic oxidation sites excluding steroid dienone is 1. The third kappa shape index (κ3) is 2.11. The van der Waals surface area contributed by atoms with Gasteiger partial charge < -0.3 is 15.4 Å². The van der Waals surface area contributed by atoms with Gasteiger partial charge in [0.15, 0.2) is 0 Å². The van der Waals surface area contributed by atoms with Crippen LogP contribution in [-0.2, 0) is 4.74 Å². The van der Waals surface area contributed by atoms with Gasteiger partial charge in [-0.2, -0.15) is 0 Å². The lowest BCUT2D eigenvalue weighted by Crippen LogP contribution is -2.36. The van der Waals surface area contributed by atoms with Gasteiger partial charge >= 0.3 is 0 Å². The van der Waals surface area contributed by atoms with E-state index in [4.69, 9.17) is 10.5 Å². The van der Waals surface area contributed by atoms with Gasteiger partial charge in [0.25, 0.3) is 0 Å². The highest BCUT2D eigenvalue weighted by Gasteiger charge is 2.13. The Kier molecular flexibility index (Phi) is 2.66. The summed E-state index contributed by atoms with van der Waals surface area (Å²) in [4.78, 5) is 2.35. The van der Waals surface area contributed by atoms with E-state index in [2.05, 4.69) is 23.1 Å². The molecule has 0 amide bonds. The van der Waals surface area contributed by atoms with Gasteiger partial charge in [-0.25, -0.2) is 0 Å². The second kappa shape index (κ2) is 3.94. The molecule has 0 spiro atoms. The normalized spacial score (nSPS) is 28.8. The first-order valence-electron chi connectivity index (χ1n) is 4.83. The Morgan fingerprint density at radius 1 is 1.38 bits per heavy atom. The molecule has 3 heteroatoms. The summed E-state index contributed by atoms with van der Waals surface area (Å²) in [5.41, 5.74) is 7.06. The van der Waals surface area contributed by atoms with Crippen LogP contribution in [-0.4, -0.2) is 37.2 Å². The van der Waals surface area contributed by atoms with Gasteiger partial charge in [-0.1, -0.05) is 12.2 Å². The van der Waals surface area contributed by atoms with Crippen molar-refractivity contribution in [2.45, 2.75) is 12.5 Å². The monoisotopic (exact) mass is 180 g/mol. The Hall–Kier alpha value is -0.800. The van der Waals surface area contributed by atoms with Crippen molar-refractivity contribution in [2.24, 2.45) is 5.73 Å². The highest BCUT2D eigenvalue weighted by Crippen LogP contribution is 2.14. The molecule has 0 aromatic rings. The number of morpholine rings is 1. The summed E-state index contributed by atoms with van der Waals surface area (Å²) in [6.45, 7) is 3.70. The third-order valence-corrected chi connectivity index (χ3v) is 2.49. The van der Waals surface area contributed by atoms with Crippen molar-refractivity contribution in [3.05, 3.63) is 23.9 Å². The molecule has 0 saturated carbocycles. The molecule has 2 N–H and O–H groups in total. The zero-order valence-electron chi connectivity index (χ0n) is 7.78. The lowest BCUT2D eigenvalue weighted by molar-refractivity contribution is 0.0551. The van der Waals surface area contributed by atoms with E-state index >= 15 is 0 Å². The SMILES string of the molecule is N[C@H]1C=CC(N2CCOCC2)=CC1. The van der Waals surface area contributed by atoms with Gasteiger partial charge in [-0.3, -0.25) is 0 Å².